The molecule has 158 valence electrons. The van der Waals surface area contributed by atoms with Gasteiger partial charge in [-0.2, -0.15) is 0 Å². The van der Waals surface area contributed by atoms with Crippen LogP contribution in [0.2, 0.25) is 0 Å². The second-order valence-corrected chi connectivity index (χ2v) is 8.51. The number of benzene rings is 2. The van der Waals surface area contributed by atoms with Crippen molar-refractivity contribution in [1.82, 2.24) is 19.4 Å². The Morgan fingerprint density at radius 3 is 2.53 bits per heavy atom. The zero-order chi connectivity index (χ0) is 21.5. The Balaban J connectivity index is 1.54. The lowest BCUT2D eigenvalue weighted by Gasteiger charge is -2.09. The number of hydrogen-bond acceptors (Lipinski definition) is 4. The molecule has 0 amide bonds. The number of imidazole rings is 1. The van der Waals surface area contributed by atoms with Crippen LogP contribution in [0.15, 0.2) is 73.1 Å². The monoisotopic (exact) mass is 419 g/mol. The topological polar surface area (TPSA) is 55.1 Å². The summed E-state index contributed by atoms with van der Waals surface area (Å²) in [5, 5.41) is 4.39. The molecule has 5 nitrogen and oxygen atoms in total. The maximum absolute atomic E-state index is 5.19. The standard InChI is InChI=1S/C27H25N5/c1-28-26-25-24(31-27(20-9-5-6-10-20)32(25)16-15-29-26)21-12-11-19-13-14-22(30-23(19)17-21)18-7-3-2-4-8-18/h2-4,7-8,11-17,20H,5-6,9-10H2,1H3,(H,28,29). The number of nitrogens with zero attached hydrogens (tertiary/aromatic N) is 4. The van der Waals surface area contributed by atoms with Gasteiger partial charge in [-0.15, -0.1) is 0 Å². The van der Waals surface area contributed by atoms with Crippen LogP contribution in [0.3, 0.4) is 0 Å². The Hall–Kier alpha value is -3.73. The van der Waals surface area contributed by atoms with Gasteiger partial charge in [0.2, 0.25) is 0 Å². The molecule has 0 bridgehead atoms. The summed E-state index contributed by atoms with van der Waals surface area (Å²) in [6.07, 6.45) is 8.87. The van der Waals surface area contributed by atoms with E-state index in [0.717, 1.165) is 50.6 Å². The minimum absolute atomic E-state index is 0.506. The van der Waals surface area contributed by atoms with Crippen LogP contribution in [0.25, 0.3) is 38.9 Å². The Morgan fingerprint density at radius 2 is 1.72 bits per heavy atom. The van der Waals surface area contributed by atoms with E-state index in [-0.39, 0.29) is 0 Å². The van der Waals surface area contributed by atoms with Gasteiger partial charge in [-0.3, -0.25) is 4.40 Å². The Kier molecular flexibility index (Phi) is 4.60. The molecule has 0 aliphatic heterocycles. The van der Waals surface area contributed by atoms with Gasteiger partial charge in [-0.1, -0.05) is 61.4 Å². The fraction of sp³-hybridized carbons (Fsp3) is 0.222. The van der Waals surface area contributed by atoms with Crippen LogP contribution in [0, 0.1) is 0 Å². The minimum Gasteiger partial charge on any atom is -0.371 e. The summed E-state index contributed by atoms with van der Waals surface area (Å²) in [5.41, 5.74) is 6.16. The minimum atomic E-state index is 0.506. The lowest BCUT2D eigenvalue weighted by Crippen LogP contribution is -2.02. The van der Waals surface area contributed by atoms with Gasteiger partial charge >= 0.3 is 0 Å². The van der Waals surface area contributed by atoms with Crippen molar-refractivity contribution in [2.24, 2.45) is 0 Å². The van der Waals surface area contributed by atoms with Gasteiger partial charge in [-0.05, 0) is 25.0 Å². The van der Waals surface area contributed by atoms with Crippen LogP contribution in [0.5, 0.6) is 0 Å². The van der Waals surface area contributed by atoms with E-state index in [1.54, 1.807) is 0 Å². The highest BCUT2D eigenvalue weighted by atomic mass is 15.1. The molecule has 3 heterocycles. The van der Waals surface area contributed by atoms with Crippen LogP contribution in [0.1, 0.15) is 37.4 Å². The lowest BCUT2D eigenvalue weighted by molar-refractivity contribution is 0.665. The third kappa shape index (κ3) is 3.12. The summed E-state index contributed by atoms with van der Waals surface area (Å²) in [6.45, 7) is 0. The molecule has 0 unspecified atom stereocenters. The van der Waals surface area contributed by atoms with Crippen molar-refractivity contribution in [1.29, 1.82) is 0 Å². The van der Waals surface area contributed by atoms with Crippen molar-refractivity contribution in [3.8, 4) is 22.5 Å². The molecule has 6 rings (SSSR count). The number of aromatic nitrogens is 4. The summed E-state index contributed by atoms with van der Waals surface area (Å²) in [6, 6.07) is 21.0. The van der Waals surface area contributed by atoms with Crippen LogP contribution in [0.4, 0.5) is 5.82 Å². The second-order valence-electron chi connectivity index (χ2n) is 8.51. The fourth-order valence-corrected chi connectivity index (χ4v) is 4.95. The van der Waals surface area contributed by atoms with Crippen molar-refractivity contribution >= 4 is 22.2 Å². The quantitative estimate of drug-likeness (QED) is 0.371. The van der Waals surface area contributed by atoms with E-state index >= 15 is 0 Å². The number of fused-ring (bicyclic) bond motifs is 2. The van der Waals surface area contributed by atoms with E-state index in [1.807, 2.05) is 37.6 Å². The molecular formula is C27H25N5. The first-order valence-electron chi connectivity index (χ1n) is 11.3. The van der Waals surface area contributed by atoms with Gasteiger partial charge in [-0.25, -0.2) is 15.0 Å². The summed E-state index contributed by atoms with van der Waals surface area (Å²) >= 11 is 0. The first kappa shape index (κ1) is 19.0. The third-order valence-corrected chi connectivity index (χ3v) is 6.57. The molecular weight excluding hydrogens is 394 g/mol. The van der Waals surface area contributed by atoms with E-state index in [0.29, 0.717) is 5.92 Å². The fourth-order valence-electron chi connectivity index (χ4n) is 4.95. The van der Waals surface area contributed by atoms with E-state index in [9.17, 15) is 0 Å². The van der Waals surface area contributed by atoms with Crippen molar-refractivity contribution in [2.75, 3.05) is 12.4 Å². The molecule has 3 aromatic heterocycles. The first-order chi connectivity index (χ1) is 15.8. The molecule has 1 aliphatic carbocycles. The lowest BCUT2D eigenvalue weighted by atomic mass is 10.1. The van der Waals surface area contributed by atoms with Gasteiger partial charge in [0.1, 0.15) is 17.0 Å². The summed E-state index contributed by atoms with van der Waals surface area (Å²) in [5.74, 6) is 2.51. The number of pyridine rings is 1. The number of rotatable bonds is 4. The predicted molar refractivity (Wildman–Crippen MR) is 130 cm³/mol. The highest BCUT2D eigenvalue weighted by Crippen LogP contribution is 2.38. The van der Waals surface area contributed by atoms with Gasteiger partial charge < -0.3 is 5.32 Å². The Labute approximate surface area is 187 Å². The molecule has 1 fully saturated rings. The van der Waals surface area contributed by atoms with Gasteiger partial charge in [0, 0.05) is 41.9 Å². The zero-order valence-electron chi connectivity index (χ0n) is 18.1. The summed E-state index contributed by atoms with van der Waals surface area (Å²) in [7, 11) is 1.92. The highest BCUT2D eigenvalue weighted by molar-refractivity contribution is 5.91. The largest absolute Gasteiger partial charge is 0.371 e. The molecule has 0 radical (unpaired) electrons. The molecule has 32 heavy (non-hydrogen) atoms. The normalized spacial score (nSPS) is 14.4. The van der Waals surface area contributed by atoms with E-state index in [1.165, 1.54) is 25.7 Å². The van der Waals surface area contributed by atoms with E-state index < -0.39 is 0 Å². The van der Waals surface area contributed by atoms with Crippen LogP contribution in [-0.2, 0) is 0 Å². The molecule has 0 atom stereocenters. The van der Waals surface area contributed by atoms with Crippen LogP contribution < -0.4 is 5.32 Å². The maximum atomic E-state index is 5.19. The van der Waals surface area contributed by atoms with Crippen molar-refractivity contribution in [3.05, 3.63) is 78.9 Å². The molecule has 5 heteroatoms. The molecule has 2 aromatic carbocycles. The smallest absolute Gasteiger partial charge is 0.152 e. The number of anilines is 1. The predicted octanol–water partition coefficient (Wildman–Crippen LogP) is 6.31. The van der Waals surface area contributed by atoms with Crippen LogP contribution >= 0.6 is 0 Å². The maximum Gasteiger partial charge on any atom is 0.152 e. The molecule has 5 aromatic rings. The average molecular weight is 420 g/mol. The van der Waals surface area contributed by atoms with E-state index in [4.69, 9.17) is 9.97 Å². The SMILES string of the molecule is CNc1nccn2c(C3CCCC3)nc(-c3ccc4ccc(-c5ccccc5)nc4c3)c12. The van der Waals surface area contributed by atoms with Crippen molar-refractivity contribution in [2.45, 2.75) is 31.6 Å². The Bertz CT molecular complexity index is 1410. The molecule has 1 aliphatic rings. The van der Waals surface area contributed by atoms with E-state index in [2.05, 4.69) is 57.2 Å². The van der Waals surface area contributed by atoms with Gasteiger partial charge in [0.25, 0.3) is 0 Å². The Morgan fingerprint density at radius 1 is 0.906 bits per heavy atom. The van der Waals surface area contributed by atoms with Crippen molar-refractivity contribution in [3.63, 3.8) is 0 Å². The summed E-state index contributed by atoms with van der Waals surface area (Å²) in [4.78, 5) is 14.7. The average Bonchev–Trinajstić information content (AvgIpc) is 3.52. The second kappa shape index (κ2) is 7.75. The number of hydrogen-bond donors (Lipinski definition) is 1. The molecule has 0 saturated heterocycles. The molecule has 0 spiro atoms. The molecule has 1 N–H and O–H groups in total. The third-order valence-electron chi connectivity index (χ3n) is 6.57. The van der Waals surface area contributed by atoms with Crippen LogP contribution in [-0.4, -0.2) is 26.4 Å². The van der Waals surface area contributed by atoms with Gasteiger partial charge in [0.15, 0.2) is 5.82 Å². The van der Waals surface area contributed by atoms with Crippen molar-refractivity contribution < 1.29 is 0 Å². The molecule has 1 saturated carbocycles. The first-order valence-corrected chi connectivity index (χ1v) is 11.3. The summed E-state index contributed by atoms with van der Waals surface area (Å²) < 4.78 is 2.24. The zero-order valence-corrected chi connectivity index (χ0v) is 18.1. The highest BCUT2D eigenvalue weighted by Gasteiger charge is 2.25. The van der Waals surface area contributed by atoms with Gasteiger partial charge in [0.05, 0.1) is 11.2 Å². The number of nitrogens with one attached hydrogen (secondary N) is 1.